The summed E-state index contributed by atoms with van der Waals surface area (Å²) in [4.78, 5) is 13.9. The number of nitrogens with zero attached hydrogens (tertiary/aromatic N) is 2. The second-order valence-corrected chi connectivity index (χ2v) is 4.75. The van der Waals surface area contributed by atoms with Crippen molar-refractivity contribution in [2.75, 3.05) is 6.54 Å². The predicted molar refractivity (Wildman–Crippen MR) is 70.6 cm³/mol. The molecule has 1 amide bonds. The summed E-state index contributed by atoms with van der Waals surface area (Å²) in [7, 11) is 0. The number of amidine groups is 1. The first-order chi connectivity index (χ1) is 9.04. The molecular weight excluding hydrogens is 270 g/mol. The van der Waals surface area contributed by atoms with Crippen molar-refractivity contribution in [3.63, 3.8) is 0 Å². The van der Waals surface area contributed by atoms with Gasteiger partial charge in [-0.05, 0) is 31.0 Å². The Morgan fingerprint density at radius 1 is 1.53 bits per heavy atom. The Morgan fingerprint density at radius 3 is 2.89 bits per heavy atom. The number of amides is 1. The molecule has 7 heteroatoms. The zero-order valence-corrected chi connectivity index (χ0v) is 10.8. The van der Waals surface area contributed by atoms with Crippen LogP contribution < -0.4 is 5.73 Å². The highest BCUT2D eigenvalue weighted by molar-refractivity contribution is 6.32. The van der Waals surface area contributed by atoms with Crippen LogP contribution in [0.5, 0.6) is 5.75 Å². The number of benzene rings is 1. The van der Waals surface area contributed by atoms with Crippen molar-refractivity contribution in [2.24, 2.45) is 10.9 Å². The summed E-state index contributed by atoms with van der Waals surface area (Å²) in [5.74, 6) is -0.306. The minimum absolute atomic E-state index is 0.0238. The normalized spacial score (nSPS) is 19.7. The number of aromatic hydroxyl groups is 1. The number of rotatable bonds is 2. The third-order valence-electron chi connectivity index (χ3n) is 3.17. The number of carbonyl (C=O) groups is 1. The first-order valence-electron chi connectivity index (χ1n) is 5.81. The molecule has 102 valence electrons. The largest absolute Gasteiger partial charge is 0.506 e. The van der Waals surface area contributed by atoms with Crippen molar-refractivity contribution in [3.8, 4) is 5.75 Å². The van der Waals surface area contributed by atoms with Crippen molar-refractivity contribution in [1.82, 2.24) is 4.90 Å². The SMILES string of the molecule is NC(=NO)C1CCCN1C(=O)c1ccc(O)c(Cl)c1. The third kappa shape index (κ3) is 2.58. The van der Waals surface area contributed by atoms with E-state index in [1.165, 1.54) is 23.1 Å². The molecule has 1 aromatic carbocycles. The highest BCUT2D eigenvalue weighted by Crippen LogP contribution is 2.26. The molecule has 0 radical (unpaired) electrons. The Morgan fingerprint density at radius 2 is 2.26 bits per heavy atom. The van der Waals surface area contributed by atoms with E-state index in [-0.39, 0.29) is 22.5 Å². The fourth-order valence-corrected chi connectivity index (χ4v) is 2.37. The lowest BCUT2D eigenvalue weighted by molar-refractivity contribution is 0.0768. The van der Waals surface area contributed by atoms with E-state index in [9.17, 15) is 9.90 Å². The van der Waals surface area contributed by atoms with Crippen LogP contribution in [-0.4, -0.2) is 39.5 Å². The number of likely N-dealkylation sites (tertiary alicyclic amines) is 1. The topological polar surface area (TPSA) is 99.2 Å². The number of phenolic OH excluding ortho intramolecular Hbond substituents is 1. The van der Waals surface area contributed by atoms with Crippen LogP contribution in [0.1, 0.15) is 23.2 Å². The Kier molecular flexibility index (Phi) is 3.80. The summed E-state index contributed by atoms with van der Waals surface area (Å²) >= 11 is 5.78. The van der Waals surface area contributed by atoms with Gasteiger partial charge < -0.3 is 20.9 Å². The van der Waals surface area contributed by atoms with E-state index >= 15 is 0 Å². The van der Waals surface area contributed by atoms with Gasteiger partial charge in [-0.2, -0.15) is 0 Å². The van der Waals surface area contributed by atoms with E-state index in [0.29, 0.717) is 18.5 Å². The Bertz CT molecular complexity index is 533. The molecule has 0 bridgehead atoms. The first kappa shape index (κ1) is 13.5. The lowest BCUT2D eigenvalue weighted by Crippen LogP contribution is -2.43. The van der Waals surface area contributed by atoms with Crippen LogP contribution in [0, 0.1) is 0 Å². The number of phenols is 1. The van der Waals surface area contributed by atoms with Crippen LogP contribution >= 0.6 is 11.6 Å². The average Bonchev–Trinajstić information content (AvgIpc) is 2.89. The van der Waals surface area contributed by atoms with Crippen molar-refractivity contribution in [3.05, 3.63) is 28.8 Å². The van der Waals surface area contributed by atoms with Gasteiger partial charge in [-0.3, -0.25) is 4.79 Å². The van der Waals surface area contributed by atoms with Crippen molar-refractivity contribution in [1.29, 1.82) is 0 Å². The van der Waals surface area contributed by atoms with Gasteiger partial charge in [-0.25, -0.2) is 0 Å². The zero-order chi connectivity index (χ0) is 14.0. The van der Waals surface area contributed by atoms with E-state index in [4.69, 9.17) is 22.5 Å². The van der Waals surface area contributed by atoms with Gasteiger partial charge in [-0.1, -0.05) is 16.8 Å². The minimum Gasteiger partial charge on any atom is -0.506 e. The van der Waals surface area contributed by atoms with Crippen LogP contribution in [0.15, 0.2) is 23.4 Å². The number of hydrogen-bond donors (Lipinski definition) is 3. The summed E-state index contributed by atoms with van der Waals surface area (Å²) in [6.45, 7) is 0.540. The fourth-order valence-electron chi connectivity index (χ4n) is 2.19. The molecule has 19 heavy (non-hydrogen) atoms. The third-order valence-corrected chi connectivity index (χ3v) is 3.47. The molecule has 1 aliphatic heterocycles. The summed E-state index contributed by atoms with van der Waals surface area (Å²) in [6, 6.07) is 3.86. The molecule has 4 N–H and O–H groups in total. The molecule has 1 heterocycles. The molecule has 1 unspecified atom stereocenters. The fraction of sp³-hybridized carbons (Fsp3) is 0.333. The predicted octanol–water partition coefficient (Wildman–Crippen LogP) is 1.40. The Balaban J connectivity index is 2.25. The van der Waals surface area contributed by atoms with Crippen LogP contribution in [0.4, 0.5) is 0 Å². The van der Waals surface area contributed by atoms with Gasteiger partial charge in [-0.15, -0.1) is 0 Å². The van der Waals surface area contributed by atoms with E-state index in [1.54, 1.807) is 0 Å². The van der Waals surface area contributed by atoms with Gasteiger partial charge in [0.2, 0.25) is 0 Å². The van der Waals surface area contributed by atoms with Gasteiger partial charge in [0, 0.05) is 12.1 Å². The standard InChI is InChI=1S/C12H14ClN3O3/c13-8-6-7(3-4-10(8)17)12(18)16-5-1-2-9(16)11(14)15-19/h3-4,6,9,17,19H,1-2,5H2,(H2,14,15). The van der Waals surface area contributed by atoms with Crippen molar-refractivity contribution >= 4 is 23.3 Å². The summed E-state index contributed by atoms with van der Waals surface area (Å²) < 4.78 is 0. The van der Waals surface area contributed by atoms with Crippen LogP contribution in [0.3, 0.4) is 0 Å². The van der Waals surface area contributed by atoms with Gasteiger partial charge in [0.1, 0.15) is 5.75 Å². The van der Waals surface area contributed by atoms with Gasteiger partial charge in [0.25, 0.3) is 5.91 Å². The number of nitrogens with two attached hydrogens (primary N) is 1. The molecule has 0 aliphatic carbocycles. The molecule has 0 spiro atoms. The van der Waals surface area contributed by atoms with Crippen molar-refractivity contribution < 1.29 is 15.1 Å². The zero-order valence-electron chi connectivity index (χ0n) is 10.1. The molecule has 0 saturated carbocycles. The maximum Gasteiger partial charge on any atom is 0.254 e. The van der Waals surface area contributed by atoms with Crippen molar-refractivity contribution in [2.45, 2.75) is 18.9 Å². The second-order valence-electron chi connectivity index (χ2n) is 4.35. The molecule has 2 rings (SSSR count). The number of halogens is 1. The van der Waals surface area contributed by atoms with Crippen LogP contribution in [-0.2, 0) is 0 Å². The van der Waals surface area contributed by atoms with Crippen LogP contribution in [0.25, 0.3) is 0 Å². The Hall–Kier alpha value is -1.95. The molecule has 1 fully saturated rings. The average molecular weight is 284 g/mol. The number of hydrogen-bond acceptors (Lipinski definition) is 4. The van der Waals surface area contributed by atoms with E-state index in [0.717, 1.165) is 6.42 Å². The molecule has 6 nitrogen and oxygen atoms in total. The quantitative estimate of drug-likeness (QED) is 0.331. The lowest BCUT2D eigenvalue weighted by atomic mass is 10.1. The maximum atomic E-state index is 12.3. The maximum absolute atomic E-state index is 12.3. The first-order valence-corrected chi connectivity index (χ1v) is 6.19. The molecule has 1 saturated heterocycles. The molecule has 1 aliphatic rings. The molecule has 1 atom stereocenters. The highest BCUT2D eigenvalue weighted by Gasteiger charge is 2.32. The summed E-state index contributed by atoms with van der Waals surface area (Å²) in [5, 5.41) is 21.1. The smallest absolute Gasteiger partial charge is 0.254 e. The Labute approximate surface area is 115 Å². The summed E-state index contributed by atoms with van der Waals surface area (Å²) in [5.41, 5.74) is 5.94. The lowest BCUT2D eigenvalue weighted by Gasteiger charge is -2.23. The number of oxime groups is 1. The monoisotopic (exact) mass is 283 g/mol. The second kappa shape index (κ2) is 5.36. The number of carbonyl (C=O) groups excluding carboxylic acids is 1. The molecular formula is C12H14ClN3O3. The van der Waals surface area contributed by atoms with Gasteiger partial charge >= 0.3 is 0 Å². The van der Waals surface area contributed by atoms with E-state index in [1.807, 2.05) is 0 Å². The molecule has 1 aromatic rings. The van der Waals surface area contributed by atoms with E-state index < -0.39 is 6.04 Å². The molecule has 0 aromatic heterocycles. The van der Waals surface area contributed by atoms with Crippen LogP contribution in [0.2, 0.25) is 5.02 Å². The highest BCUT2D eigenvalue weighted by atomic mass is 35.5. The summed E-state index contributed by atoms with van der Waals surface area (Å²) in [6.07, 6.45) is 1.45. The van der Waals surface area contributed by atoms with Gasteiger partial charge in [0.05, 0.1) is 11.1 Å². The minimum atomic E-state index is -0.398. The van der Waals surface area contributed by atoms with E-state index in [2.05, 4.69) is 5.16 Å². The van der Waals surface area contributed by atoms with Gasteiger partial charge in [0.15, 0.2) is 5.84 Å².